The third kappa shape index (κ3) is 9.89. The molecule has 162 valence electrons. The van der Waals surface area contributed by atoms with Crippen molar-refractivity contribution in [1.82, 2.24) is 0 Å². The predicted molar refractivity (Wildman–Crippen MR) is 105 cm³/mol. The van der Waals surface area contributed by atoms with Gasteiger partial charge in [-0.2, -0.15) is 13.2 Å². The lowest BCUT2D eigenvalue weighted by Crippen LogP contribution is -2.24. The molecular formula is C22H35F3O3. The Hall–Kier alpha value is -1.11. The SMILES string of the molecule is CCCCCCCCCC(OC(OCC)OCC)c1cccc(C(F)(F)F)c1. The van der Waals surface area contributed by atoms with Gasteiger partial charge in [0.2, 0.25) is 0 Å². The minimum absolute atomic E-state index is 0.400. The van der Waals surface area contributed by atoms with Crippen molar-refractivity contribution in [3.8, 4) is 0 Å². The first kappa shape index (κ1) is 24.9. The minimum atomic E-state index is -4.38. The number of benzene rings is 1. The summed E-state index contributed by atoms with van der Waals surface area (Å²) in [6.45, 7) is 5.76. The molecule has 0 amide bonds. The number of halogens is 3. The summed E-state index contributed by atoms with van der Waals surface area (Å²) in [5, 5.41) is 0. The van der Waals surface area contributed by atoms with E-state index in [1.54, 1.807) is 6.07 Å². The van der Waals surface area contributed by atoms with E-state index in [0.29, 0.717) is 25.2 Å². The Labute approximate surface area is 167 Å². The van der Waals surface area contributed by atoms with E-state index in [4.69, 9.17) is 14.2 Å². The zero-order valence-corrected chi connectivity index (χ0v) is 17.4. The molecule has 1 aromatic carbocycles. The molecule has 28 heavy (non-hydrogen) atoms. The number of alkyl halides is 3. The van der Waals surface area contributed by atoms with Crippen molar-refractivity contribution >= 4 is 0 Å². The van der Waals surface area contributed by atoms with Crippen LogP contribution < -0.4 is 0 Å². The molecule has 0 spiro atoms. The molecule has 1 unspecified atom stereocenters. The molecule has 3 nitrogen and oxygen atoms in total. The maximum atomic E-state index is 13.1. The van der Waals surface area contributed by atoms with E-state index in [1.807, 2.05) is 13.8 Å². The highest BCUT2D eigenvalue weighted by Gasteiger charge is 2.31. The summed E-state index contributed by atoms with van der Waals surface area (Å²) in [7, 11) is 0. The third-order valence-corrected chi connectivity index (χ3v) is 4.54. The highest BCUT2D eigenvalue weighted by molar-refractivity contribution is 5.27. The highest BCUT2D eigenvalue weighted by atomic mass is 19.4. The van der Waals surface area contributed by atoms with Crippen LogP contribution in [0.1, 0.15) is 89.4 Å². The Morgan fingerprint density at radius 2 is 1.46 bits per heavy atom. The summed E-state index contributed by atoms with van der Waals surface area (Å²) < 4.78 is 56.1. The van der Waals surface area contributed by atoms with Gasteiger partial charge in [0.25, 0.3) is 6.48 Å². The molecule has 0 radical (unpaired) electrons. The second kappa shape index (κ2) is 14.0. The van der Waals surface area contributed by atoms with Crippen molar-refractivity contribution in [2.24, 2.45) is 0 Å². The van der Waals surface area contributed by atoms with Gasteiger partial charge in [0.1, 0.15) is 0 Å². The third-order valence-electron chi connectivity index (χ3n) is 4.54. The molecule has 1 rings (SSSR count). The van der Waals surface area contributed by atoms with Crippen LogP contribution in [0.3, 0.4) is 0 Å². The van der Waals surface area contributed by atoms with E-state index in [-0.39, 0.29) is 0 Å². The molecule has 0 bridgehead atoms. The lowest BCUT2D eigenvalue weighted by atomic mass is 10.00. The van der Waals surface area contributed by atoms with Crippen LogP contribution in [0.15, 0.2) is 24.3 Å². The van der Waals surface area contributed by atoms with Crippen LogP contribution in [0, 0.1) is 0 Å². The molecule has 0 aromatic heterocycles. The van der Waals surface area contributed by atoms with Gasteiger partial charge < -0.3 is 14.2 Å². The number of hydrogen-bond acceptors (Lipinski definition) is 3. The topological polar surface area (TPSA) is 27.7 Å². The van der Waals surface area contributed by atoms with Crippen molar-refractivity contribution in [2.75, 3.05) is 13.2 Å². The van der Waals surface area contributed by atoms with Crippen molar-refractivity contribution in [3.05, 3.63) is 35.4 Å². The lowest BCUT2D eigenvalue weighted by Gasteiger charge is -2.25. The van der Waals surface area contributed by atoms with E-state index >= 15 is 0 Å². The summed E-state index contributed by atoms with van der Waals surface area (Å²) in [6, 6.07) is 5.35. The number of ether oxygens (including phenoxy) is 3. The van der Waals surface area contributed by atoms with Crippen LogP contribution in [0.5, 0.6) is 0 Å². The Kier molecular flexibility index (Phi) is 12.4. The van der Waals surface area contributed by atoms with Crippen LogP contribution in [-0.2, 0) is 20.4 Å². The Balaban J connectivity index is 2.77. The van der Waals surface area contributed by atoms with Gasteiger partial charge in [0, 0.05) is 13.2 Å². The van der Waals surface area contributed by atoms with E-state index in [0.717, 1.165) is 25.3 Å². The molecule has 1 atom stereocenters. The van der Waals surface area contributed by atoms with Crippen LogP contribution in [0.25, 0.3) is 0 Å². The van der Waals surface area contributed by atoms with Gasteiger partial charge in [-0.25, -0.2) is 0 Å². The second-order valence-electron chi connectivity index (χ2n) is 6.86. The average molecular weight is 405 g/mol. The van der Waals surface area contributed by atoms with E-state index in [1.165, 1.54) is 37.8 Å². The molecule has 0 saturated carbocycles. The van der Waals surface area contributed by atoms with Crippen molar-refractivity contribution in [2.45, 2.75) is 90.9 Å². The van der Waals surface area contributed by atoms with Gasteiger partial charge in [0.05, 0.1) is 11.7 Å². The van der Waals surface area contributed by atoms with Crippen molar-refractivity contribution in [1.29, 1.82) is 0 Å². The molecule has 0 aliphatic rings. The highest BCUT2D eigenvalue weighted by Crippen LogP contribution is 2.33. The maximum Gasteiger partial charge on any atom is 0.416 e. The molecule has 0 N–H and O–H groups in total. The lowest BCUT2D eigenvalue weighted by molar-refractivity contribution is -0.304. The molecule has 0 aliphatic carbocycles. The predicted octanol–water partition coefficient (Wildman–Crippen LogP) is 7.26. The van der Waals surface area contributed by atoms with Gasteiger partial charge in [-0.05, 0) is 38.0 Å². The van der Waals surface area contributed by atoms with Gasteiger partial charge in [-0.1, -0.05) is 64.0 Å². The molecule has 6 heteroatoms. The van der Waals surface area contributed by atoms with Crippen LogP contribution in [0.4, 0.5) is 13.2 Å². The summed E-state index contributed by atoms with van der Waals surface area (Å²) in [6.07, 6.45) is 3.71. The van der Waals surface area contributed by atoms with Gasteiger partial charge in [0.15, 0.2) is 0 Å². The Bertz CT molecular complexity index is 514. The fourth-order valence-corrected chi connectivity index (χ4v) is 3.05. The first-order valence-corrected chi connectivity index (χ1v) is 10.5. The summed E-state index contributed by atoms with van der Waals surface area (Å²) in [5.74, 6) is 0. The molecule has 0 fully saturated rings. The molecule has 0 heterocycles. The summed E-state index contributed by atoms with van der Waals surface area (Å²) in [5.41, 5.74) is -0.159. The summed E-state index contributed by atoms with van der Waals surface area (Å²) >= 11 is 0. The average Bonchev–Trinajstić information content (AvgIpc) is 2.66. The normalized spacial score (nSPS) is 13.2. The van der Waals surface area contributed by atoms with E-state index in [2.05, 4.69) is 6.92 Å². The number of rotatable bonds is 15. The Morgan fingerprint density at radius 3 is 2.04 bits per heavy atom. The van der Waals surface area contributed by atoms with Gasteiger partial charge >= 0.3 is 6.18 Å². The Morgan fingerprint density at radius 1 is 0.857 bits per heavy atom. The van der Waals surface area contributed by atoms with Crippen LogP contribution in [-0.4, -0.2) is 19.7 Å². The monoisotopic (exact) mass is 404 g/mol. The fourth-order valence-electron chi connectivity index (χ4n) is 3.05. The number of hydrogen-bond donors (Lipinski definition) is 0. The maximum absolute atomic E-state index is 13.1. The van der Waals surface area contributed by atoms with Crippen LogP contribution in [0.2, 0.25) is 0 Å². The minimum Gasteiger partial charge on any atom is -0.330 e. The van der Waals surface area contributed by atoms with Crippen molar-refractivity contribution in [3.63, 3.8) is 0 Å². The standard InChI is InChI=1S/C22H35F3O3/c1-4-7-8-9-10-11-12-16-20(28-21(26-5-2)27-6-3)18-14-13-15-19(17-18)22(23,24)25/h13-15,17,20-21H,4-12,16H2,1-3H3. The first-order valence-electron chi connectivity index (χ1n) is 10.5. The van der Waals surface area contributed by atoms with E-state index in [9.17, 15) is 13.2 Å². The largest absolute Gasteiger partial charge is 0.416 e. The fraction of sp³-hybridized carbons (Fsp3) is 0.727. The summed E-state index contributed by atoms with van der Waals surface area (Å²) in [4.78, 5) is 0. The molecule has 0 aliphatic heterocycles. The van der Waals surface area contributed by atoms with E-state index < -0.39 is 24.3 Å². The smallest absolute Gasteiger partial charge is 0.330 e. The zero-order valence-electron chi connectivity index (χ0n) is 17.4. The van der Waals surface area contributed by atoms with Gasteiger partial charge in [-0.15, -0.1) is 0 Å². The quantitative estimate of drug-likeness (QED) is 0.227. The molecule has 0 saturated heterocycles. The van der Waals surface area contributed by atoms with Crippen molar-refractivity contribution < 1.29 is 27.4 Å². The number of unbranched alkanes of at least 4 members (excludes halogenated alkanes) is 6. The zero-order chi connectivity index (χ0) is 20.8. The first-order chi connectivity index (χ1) is 13.4. The molecular weight excluding hydrogens is 369 g/mol. The molecule has 1 aromatic rings. The van der Waals surface area contributed by atoms with Gasteiger partial charge in [-0.3, -0.25) is 0 Å². The van der Waals surface area contributed by atoms with Crippen LogP contribution >= 0.6 is 0 Å². The second-order valence-corrected chi connectivity index (χ2v) is 6.86.